The summed E-state index contributed by atoms with van der Waals surface area (Å²) >= 11 is 0. The van der Waals surface area contributed by atoms with E-state index in [1.54, 1.807) is 69.3 Å². The van der Waals surface area contributed by atoms with E-state index in [0.29, 0.717) is 23.4 Å². The lowest BCUT2D eigenvalue weighted by molar-refractivity contribution is -0.145. The van der Waals surface area contributed by atoms with Gasteiger partial charge in [-0.3, -0.25) is 9.59 Å². The van der Waals surface area contributed by atoms with E-state index in [4.69, 9.17) is 4.74 Å². The van der Waals surface area contributed by atoms with Gasteiger partial charge in [-0.25, -0.2) is 9.59 Å². The van der Waals surface area contributed by atoms with Crippen LogP contribution in [-0.2, 0) is 14.3 Å². The van der Waals surface area contributed by atoms with Crippen molar-refractivity contribution in [2.75, 3.05) is 17.2 Å². The van der Waals surface area contributed by atoms with Crippen LogP contribution in [-0.4, -0.2) is 36.3 Å². The van der Waals surface area contributed by atoms with Crippen molar-refractivity contribution in [3.05, 3.63) is 60.2 Å². The molecule has 2 rings (SSSR count). The smallest absolute Gasteiger partial charge is 0.329 e. The van der Waals surface area contributed by atoms with Crippen molar-refractivity contribution < 1.29 is 23.9 Å². The molecule has 8 heteroatoms. The van der Waals surface area contributed by atoms with Gasteiger partial charge in [0.25, 0.3) is 0 Å². The Morgan fingerprint density at radius 3 is 2.06 bits per heavy atom. The quantitative estimate of drug-likeness (QED) is 0.420. The number of rotatable bonds is 9. The highest BCUT2D eigenvalue weighted by Gasteiger charge is 2.26. The third kappa shape index (κ3) is 7.58. The Kier molecular flexibility index (Phi) is 8.75. The Balaban J connectivity index is 1.89. The maximum absolute atomic E-state index is 12.5. The van der Waals surface area contributed by atoms with Crippen molar-refractivity contribution in [2.45, 2.75) is 33.2 Å². The SMILES string of the molecule is CCC(=O)Nc1ccc(C(=O)COC(=O)[C@H](NC(=O)Nc2ccccc2)C(C)C)cc1. The lowest BCUT2D eigenvalue weighted by atomic mass is 10.0. The van der Waals surface area contributed by atoms with Gasteiger partial charge in [0.1, 0.15) is 6.04 Å². The molecule has 3 amide bonds. The number of esters is 1. The molecule has 0 aliphatic rings. The number of para-hydroxylation sites is 1. The maximum Gasteiger partial charge on any atom is 0.329 e. The molecule has 0 radical (unpaired) electrons. The number of ketones is 1. The molecule has 31 heavy (non-hydrogen) atoms. The number of carbonyl (C=O) groups is 4. The predicted octanol–water partition coefficient (Wildman–Crippen LogP) is 3.61. The van der Waals surface area contributed by atoms with E-state index in [2.05, 4.69) is 16.0 Å². The maximum atomic E-state index is 12.5. The summed E-state index contributed by atoms with van der Waals surface area (Å²) in [6.45, 7) is 4.82. The van der Waals surface area contributed by atoms with Crippen molar-refractivity contribution in [2.24, 2.45) is 5.92 Å². The van der Waals surface area contributed by atoms with Crippen LogP contribution in [0.15, 0.2) is 54.6 Å². The summed E-state index contributed by atoms with van der Waals surface area (Å²) < 4.78 is 5.14. The molecule has 0 spiro atoms. The van der Waals surface area contributed by atoms with Crippen molar-refractivity contribution in [3.63, 3.8) is 0 Å². The summed E-state index contributed by atoms with van der Waals surface area (Å²) in [7, 11) is 0. The molecule has 0 fully saturated rings. The molecule has 2 aromatic rings. The first-order valence-electron chi connectivity index (χ1n) is 10.0. The molecule has 0 bridgehead atoms. The molecule has 0 unspecified atom stereocenters. The largest absolute Gasteiger partial charge is 0.456 e. The Morgan fingerprint density at radius 2 is 1.48 bits per heavy atom. The van der Waals surface area contributed by atoms with Gasteiger partial charge in [-0.1, -0.05) is 39.0 Å². The minimum atomic E-state index is -0.914. The average Bonchev–Trinajstić information content (AvgIpc) is 2.76. The number of hydrogen-bond acceptors (Lipinski definition) is 5. The number of urea groups is 1. The first kappa shape index (κ1) is 23.6. The number of hydrogen-bond donors (Lipinski definition) is 3. The Bertz CT molecular complexity index is 911. The van der Waals surface area contributed by atoms with Crippen LogP contribution in [0.5, 0.6) is 0 Å². The van der Waals surface area contributed by atoms with Gasteiger partial charge in [0.2, 0.25) is 5.91 Å². The van der Waals surface area contributed by atoms with Gasteiger partial charge in [-0.05, 0) is 42.3 Å². The van der Waals surface area contributed by atoms with Crippen molar-refractivity contribution in [3.8, 4) is 0 Å². The van der Waals surface area contributed by atoms with Crippen LogP contribution in [0.1, 0.15) is 37.6 Å². The fourth-order valence-corrected chi connectivity index (χ4v) is 2.63. The standard InChI is InChI=1S/C23H27N3O5/c1-4-20(28)24-18-12-10-16(11-13-18)19(27)14-31-22(29)21(15(2)3)26-23(30)25-17-8-6-5-7-9-17/h5-13,15,21H,4,14H2,1-3H3,(H,24,28)(H2,25,26,30)/t21-/m1/s1. The summed E-state index contributed by atoms with van der Waals surface area (Å²) in [5.41, 5.74) is 1.51. The third-order valence-electron chi connectivity index (χ3n) is 4.40. The highest BCUT2D eigenvalue weighted by Crippen LogP contribution is 2.12. The molecule has 3 N–H and O–H groups in total. The number of amides is 3. The lowest BCUT2D eigenvalue weighted by Gasteiger charge is -2.21. The summed E-state index contributed by atoms with van der Waals surface area (Å²) in [5, 5.41) is 7.91. The molecular formula is C23H27N3O5. The van der Waals surface area contributed by atoms with Crippen molar-refractivity contribution in [1.29, 1.82) is 0 Å². The second-order valence-corrected chi connectivity index (χ2v) is 7.20. The number of benzene rings is 2. The summed E-state index contributed by atoms with van der Waals surface area (Å²) in [6, 6.07) is 13.7. The zero-order chi connectivity index (χ0) is 22.8. The molecule has 0 saturated carbocycles. The molecular weight excluding hydrogens is 398 g/mol. The van der Waals surface area contributed by atoms with E-state index in [0.717, 1.165) is 0 Å². The molecule has 0 saturated heterocycles. The van der Waals surface area contributed by atoms with E-state index in [9.17, 15) is 19.2 Å². The first-order chi connectivity index (χ1) is 14.8. The van der Waals surface area contributed by atoms with Crippen molar-refractivity contribution in [1.82, 2.24) is 5.32 Å². The van der Waals surface area contributed by atoms with Crippen LogP contribution in [0.2, 0.25) is 0 Å². The zero-order valence-electron chi connectivity index (χ0n) is 17.8. The number of carbonyl (C=O) groups excluding carboxylic acids is 4. The van der Waals surface area contributed by atoms with E-state index in [-0.39, 0.29) is 11.8 Å². The Morgan fingerprint density at radius 1 is 0.871 bits per heavy atom. The topological polar surface area (TPSA) is 114 Å². The van der Waals surface area contributed by atoms with Gasteiger partial charge in [0.15, 0.2) is 12.4 Å². The summed E-state index contributed by atoms with van der Waals surface area (Å²) in [6.07, 6.45) is 0.352. The normalized spacial score (nSPS) is 11.4. The monoisotopic (exact) mass is 425 g/mol. The minimum Gasteiger partial charge on any atom is -0.456 e. The van der Waals surface area contributed by atoms with E-state index >= 15 is 0 Å². The third-order valence-corrected chi connectivity index (χ3v) is 4.40. The second kappa shape index (κ2) is 11.5. The predicted molar refractivity (Wildman–Crippen MR) is 118 cm³/mol. The van der Waals surface area contributed by atoms with E-state index in [1.807, 2.05) is 6.07 Å². The van der Waals surface area contributed by atoms with E-state index in [1.165, 1.54) is 0 Å². The first-order valence-corrected chi connectivity index (χ1v) is 10.0. The molecule has 2 aromatic carbocycles. The van der Waals surface area contributed by atoms with Gasteiger partial charge >= 0.3 is 12.0 Å². The van der Waals surface area contributed by atoms with Gasteiger partial charge in [-0.15, -0.1) is 0 Å². The lowest BCUT2D eigenvalue weighted by Crippen LogP contribution is -2.47. The van der Waals surface area contributed by atoms with Gasteiger partial charge in [0, 0.05) is 23.4 Å². The second-order valence-electron chi connectivity index (χ2n) is 7.20. The molecule has 164 valence electrons. The zero-order valence-corrected chi connectivity index (χ0v) is 17.8. The number of anilines is 2. The fraction of sp³-hybridized carbons (Fsp3) is 0.304. The Hall–Kier alpha value is -3.68. The molecule has 0 aromatic heterocycles. The van der Waals surface area contributed by atoms with Crippen LogP contribution in [0.25, 0.3) is 0 Å². The number of ether oxygens (including phenoxy) is 1. The van der Waals surface area contributed by atoms with Gasteiger partial charge < -0.3 is 20.7 Å². The van der Waals surface area contributed by atoms with Gasteiger partial charge in [0.05, 0.1) is 0 Å². The van der Waals surface area contributed by atoms with Gasteiger partial charge in [-0.2, -0.15) is 0 Å². The highest BCUT2D eigenvalue weighted by molar-refractivity contribution is 5.99. The van der Waals surface area contributed by atoms with Crippen LogP contribution in [0.4, 0.5) is 16.2 Å². The number of nitrogens with one attached hydrogen (secondary N) is 3. The van der Waals surface area contributed by atoms with Crippen LogP contribution in [0, 0.1) is 5.92 Å². The molecule has 1 atom stereocenters. The Labute approximate surface area is 181 Å². The average molecular weight is 425 g/mol. The molecule has 0 aliphatic carbocycles. The molecule has 8 nitrogen and oxygen atoms in total. The van der Waals surface area contributed by atoms with Crippen LogP contribution < -0.4 is 16.0 Å². The summed E-state index contributed by atoms with van der Waals surface area (Å²) in [5.74, 6) is -1.46. The highest BCUT2D eigenvalue weighted by atomic mass is 16.5. The minimum absolute atomic E-state index is 0.128. The van der Waals surface area contributed by atoms with Crippen molar-refractivity contribution >= 4 is 35.1 Å². The van der Waals surface area contributed by atoms with Crippen LogP contribution >= 0.6 is 0 Å². The summed E-state index contributed by atoms with van der Waals surface area (Å²) in [4.78, 5) is 48.4. The fourth-order valence-electron chi connectivity index (χ4n) is 2.63. The molecule has 0 heterocycles. The molecule has 0 aliphatic heterocycles. The number of Topliss-reactive ketones (excluding diaryl/α,β-unsaturated/α-hetero) is 1. The van der Waals surface area contributed by atoms with Crippen LogP contribution in [0.3, 0.4) is 0 Å². The van der Waals surface area contributed by atoms with E-state index < -0.39 is 30.4 Å².